The van der Waals surface area contributed by atoms with Crippen LogP contribution >= 0.6 is 0 Å². The molecule has 0 fully saturated rings. The number of aromatic nitrogens is 1. The predicted molar refractivity (Wildman–Crippen MR) is 139 cm³/mol. The van der Waals surface area contributed by atoms with Gasteiger partial charge in [-0.3, -0.25) is 4.90 Å². The van der Waals surface area contributed by atoms with E-state index in [2.05, 4.69) is 103 Å². The summed E-state index contributed by atoms with van der Waals surface area (Å²) in [7, 11) is 1.70. The van der Waals surface area contributed by atoms with E-state index < -0.39 is 0 Å². The highest BCUT2D eigenvalue weighted by Crippen LogP contribution is 2.27. The summed E-state index contributed by atoms with van der Waals surface area (Å²) in [4.78, 5) is 2.47. The van der Waals surface area contributed by atoms with Crippen LogP contribution in [0.4, 0.5) is 0 Å². The average molecular weight is 439 g/mol. The van der Waals surface area contributed by atoms with Gasteiger partial charge in [0.2, 0.25) is 0 Å². The third kappa shape index (κ3) is 5.37. The molecule has 0 atom stereocenters. The summed E-state index contributed by atoms with van der Waals surface area (Å²) in [6.07, 6.45) is 0. The number of nitrogens with zero attached hydrogens (tertiary/aromatic N) is 2. The number of ether oxygens (including phenoxy) is 1. The van der Waals surface area contributed by atoms with E-state index in [0.717, 1.165) is 31.9 Å². The minimum Gasteiger partial charge on any atom is -0.497 e. The molecular weight excluding hydrogens is 404 g/mol. The molecule has 0 aliphatic rings. The summed E-state index contributed by atoms with van der Waals surface area (Å²) >= 11 is 0. The van der Waals surface area contributed by atoms with Crippen LogP contribution in [0.5, 0.6) is 5.75 Å². The van der Waals surface area contributed by atoms with Crippen molar-refractivity contribution < 1.29 is 4.74 Å². The molecule has 0 unspecified atom stereocenters. The SMILES string of the molecule is CCN(CC)Cc1ccc(-c2ccc(C)cc2)n1Cc1ccc(-c2ccc(OC)cc2)cc1. The minimum absolute atomic E-state index is 0.857. The van der Waals surface area contributed by atoms with Crippen LogP contribution in [0.25, 0.3) is 22.4 Å². The number of hydrogen-bond acceptors (Lipinski definition) is 2. The summed E-state index contributed by atoms with van der Waals surface area (Å²) in [6, 6.07) is 30.6. The van der Waals surface area contributed by atoms with E-state index >= 15 is 0 Å². The summed E-state index contributed by atoms with van der Waals surface area (Å²) in [5.41, 5.74) is 8.90. The van der Waals surface area contributed by atoms with Crippen molar-refractivity contribution >= 4 is 0 Å². The quantitative estimate of drug-likeness (QED) is 0.279. The van der Waals surface area contributed by atoms with E-state index in [1.807, 2.05) is 12.1 Å². The van der Waals surface area contributed by atoms with Gasteiger partial charge in [0.25, 0.3) is 0 Å². The maximum atomic E-state index is 5.29. The lowest BCUT2D eigenvalue weighted by Gasteiger charge is -2.21. The Morgan fingerprint density at radius 3 is 1.85 bits per heavy atom. The Labute approximate surface area is 198 Å². The van der Waals surface area contributed by atoms with Gasteiger partial charge < -0.3 is 9.30 Å². The van der Waals surface area contributed by atoms with Crippen LogP contribution in [0, 0.1) is 6.92 Å². The molecule has 170 valence electrons. The van der Waals surface area contributed by atoms with Gasteiger partial charge in [0.05, 0.1) is 7.11 Å². The molecule has 1 aromatic heterocycles. The molecule has 0 saturated carbocycles. The lowest BCUT2D eigenvalue weighted by Crippen LogP contribution is -2.24. The largest absolute Gasteiger partial charge is 0.497 e. The molecule has 0 radical (unpaired) electrons. The topological polar surface area (TPSA) is 17.4 Å². The van der Waals surface area contributed by atoms with Crippen molar-refractivity contribution in [3.8, 4) is 28.1 Å². The maximum absolute atomic E-state index is 5.29. The number of methoxy groups -OCH3 is 1. The fourth-order valence-corrected chi connectivity index (χ4v) is 4.26. The molecule has 0 N–H and O–H groups in total. The zero-order valence-corrected chi connectivity index (χ0v) is 20.2. The lowest BCUT2D eigenvalue weighted by molar-refractivity contribution is 0.288. The van der Waals surface area contributed by atoms with Crippen LogP contribution in [0.2, 0.25) is 0 Å². The van der Waals surface area contributed by atoms with Gasteiger partial charge in [0, 0.05) is 24.5 Å². The number of rotatable bonds is 9. The van der Waals surface area contributed by atoms with Gasteiger partial charge in [-0.2, -0.15) is 0 Å². The highest BCUT2D eigenvalue weighted by molar-refractivity contribution is 5.65. The first-order chi connectivity index (χ1) is 16.1. The van der Waals surface area contributed by atoms with Crippen LogP contribution in [-0.4, -0.2) is 29.7 Å². The lowest BCUT2D eigenvalue weighted by atomic mass is 10.0. The predicted octanol–water partition coefficient (Wildman–Crippen LogP) is 7.03. The first-order valence-electron chi connectivity index (χ1n) is 11.8. The van der Waals surface area contributed by atoms with Gasteiger partial charge >= 0.3 is 0 Å². The molecule has 0 aliphatic heterocycles. The second-order valence-electron chi connectivity index (χ2n) is 8.55. The molecule has 0 amide bonds. The van der Waals surface area contributed by atoms with Crippen LogP contribution in [0.3, 0.4) is 0 Å². The number of aryl methyl sites for hydroxylation is 1. The summed E-state index contributed by atoms with van der Waals surface area (Å²) in [5.74, 6) is 0.882. The van der Waals surface area contributed by atoms with Gasteiger partial charge in [-0.25, -0.2) is 0 Å². The van der Waals surface area contributed by atoms with Crippen molar-refractivity contribution in [2.24, 2.45) is 0 Å². The monoisotopic (exact) mass is 438 g/mol. The smallest absolute Gasteiger partial charge is 0.118 e. The van der Waals surface area contributed by atoms with E-state index in [9.17, 15) is 0 Å². The fourth-order valence-electron chi connectivity index (χ4n) is 4.26. The Balaban J connectivity index is 1.63. The Hall–Kier alpha value is -3.30. The van der Waals surface area contributed by atoms with Crippen molar-refractivity contribution in [1.82, 2.24) is 9.47 Å². The van der Waals surface area contributed by atoms with Crippen molar-refractivity contribution in [3.63, 3.8) is 0 Å². The van der Waals surface area contributed by atoms with Crippen LogP contribution in [0.1, 0.15) is 30.7 Å². The van der Waals surface area contributed by atoms with Crippen LogP contribution in [0.15, 0.2) is 84.9 Å². The zero-order valence-electron chi connectivity index (χ0n) is 20.2. The molecule has 3 nitrogen and oxygen atoms in total. The van der Waals surface area contributed by atoms with Crippen LogP contribution < -0.4 is 4.74 Å². The first kappa shape index (κ1) is 22.9. The van der Waals surface area contributed by atoms with Crippen molar-refractivity contribution in [1.29, 1.82) is 0 Å². The van der Waals surface area contributed by atoms with Gasteiger partial charge in [-0.15, -0.1) is 0 Å². The molecule has 0 spiro atoms. The Kier molecular flexibility index (Phi) is 7.31. The average Bonchev–Trinajstić information content (AvgIpc) is 3.25. The molecule has 1 heterocycles. The highest BCUT2D eigenvalue weighted by Gasteiger charge is 2.13. The van der Waals surface area contributed by atoms with Crippen LogP contribution in [-0.2, 0) is 13.1 Å². The Bertz CT molecular complexity index is 1150. The minimum atomic E-state index is 0.857. The number of benzene rings is 3. The van der Waals surface area contributed by atoms with Crippen molar-refractivity contribution in [2.45, 2.75) is 33.9 Å². The Morgan fingerprint density at radius 2 is 1.27 bits per heavy atom. The summed E-state index contributed by atoms with van der Waals surface area (Å²) in [6.45, 7) is 10.5. The summed E-state index contributed by atoms with van der Waals surface area (Å²) < 4.78 is 7.76. The molecule has 4 rings (SSSR count). The molecule has 3 heteroatoms. The fraction of sp³-hybridized carbons (Fsp3) is 0.267. The maximum Gasteiger partial charge on any atom is 0.118 e. The van der Waals surface area contributed by atoms with Crippen molar-refractivity contribution in [2.75, 3.05) is 20.2 Å². The summed E-state index contributed by atoms with van der Waals surface area (Å²) in [5, 5.41) is 0. The second-order valence-corrected chi connectivity index (χ2v) is 8.55. The molecular formula is C30H34N2O. The molecule has 33 heavy (non-hydrogen) atoms. The molecule has 0 aliphatic carbocycles. The number of hydrogen-bond donors (Lipinski definition) is 0. The second kappa shape index (κ2) is 10.5. The van der Waals surface area contributed by atoms with Gasteiger partial charge in [0.1, 0.15) is 5.75 Å². The van der Waals surface area contributed by atoms with Gasteiger partial charge in [-0.1, -0.05) is 80.1 Å². The van der Waals surface area contributed by atoms with E-state index in [1.54, 1.807) is 7.11 Å². The first-order valence-corrected chi connectivity index (χ1v) is 11.8. The van der Waals surface area contributed by atoms with E-state index in [-0.39, 0.29) is 0 Å². The van der Waals surface area contributed by atoms with E-state index in [1.165, 1.54) is 39.2 Å². The normalized spacial score (nSPS) is 11.2. The van der Waals surface area contributed by atoms with E-state index in [4.69, 9.17) is 4.74 Å². The van der Waals surface area contributed by atoms with Gasteiger partial charge in [0.15, 0.2) is 0 Å². The molecule has 0 saturated heterocycles. The highest BCUT2D eigenvalue weighted by atomic mass is 16.5. The third-order valence-corrected chi connectivity index (χ3v) is 6.42. The standard InChI is InChI=1S/C30H34N2O/c1-5-31(6-2)22-28-17-20-30(27-11-7-23(3)8-12-27)32(28)21-24-9-13-25(14-10-24)26-15-18-29(33-4)19-16-26/h7-20H,5-6,21-22H2,1-4H3. The van der Waals surface area contributed by atoms with E-state index in [0.29, 0.717) is 0 Å². The van der Waals surface area contributed by atoms with Gasteiger partial charge in [-0.05, 0) is 66.5 Å². The Morgan fingerprint density at radius 1 is 0.697 bits per heavy atom. The molecule has 0 bridgehead atoms. The van der Waals surface area contributed by atoms with Crippen molar-refractivity contribution in [3.05, 3.63) is 102 Å². The third-order valence-electron chi connectivity index (χ3n) is 6.42. The molecule has 4 aromatic rings. The zero-order chi connectivity index (χ0) is 23.2. The molecule has 3 aromatic carbocycles.